The molecule has 3 aromatic rings. The smallest absolute Gasteiger partial charge is 0.165 e. The summed E-state index contributed by atoms with van der Waals surface area (Å²) in [5, 5.41) is 19.7. The first-order valence-corrected chi connectivity index (χ1v) is 7.29. The van der Waals surface area contributed by atoms with E-state index in [0.717, 1.165) is 20.6 Å². The van der Waals surface area contributed by atoms with Gasteiger partial charge in [0.25, 0.3) is 0 Å². The van der Waals surface area contributed by atoms with Gasteiger partial charge in [-0.05, 0) is 23.6 Å². The van der Waals surface area contributed by atoms with Gasteiger partial charge in [-0.1, -0.05) is 59.2 Å². The van der Waals surface area contributed by atoms with E-state index >= 15 is 0 Å². The van der Waals surface area contributed by atoms with Crippen molar-refractivity contribution in [2.45, 2.75) is 9.79 Å². The van der Waals surface area contributed by atoms with Gasteiger partial charge in [0.15, 0.2) is 10.3 Å². The summed E-state index contributed by atoms with van der Waals surface area (Å²) in [5.74, 6) is 0.252. The zero-order chi connectivity index (χ0) is 14.1. The van der Waals surface area contributed by atoms with Crippen molar-refractivity contribution < 1.29 is 5.11 Å². The van der Waals surface area contributed by atoms with Gasteiger partial charge in [0.05, 0.1) is 4.90 Å². The summed E-state index contributed by atoms with van der Waals surface area (Å²) >= 11 is 13.3. The van der Waals surface area contributed by atoms with Gasteiger partial charge < -0.3 is 5.11 Å². The Morgan fingerprint density at radius 2 is 1.65 bits per heavy atom. The predicted octanol–water partition coefficient (Wildman–Crippen LogP) is 4.79. The molecule has 0 saturated heterocycles. The van der Waals surface area contributed by atoms with E-state index in [1.807, 2.05) is 30.3 Å². The average molecular weight is 323 g/mol. The maximum atomic E-state index is 9.88. The van der Waals surface area contributed by atoms with Crippen LogP contribution in [0.3, 0.4) is 0 Å². The lowest BCUT2D eigenvalue weighted by Crippen LogP contribution is -1.86. The Bertz CT molecular complexity index is 795. The molecule has 1 aromatic heterocycles. The molecule has 6 heteroatoms. The zero-order valence-corrected chi connectivity index (χ0v) is 12.4. The van der Waals surface area contributed by atoms with Gasteiger partial charge in [-0.3, -0.25) is 0 Å². The van der Waals surface area contributed by atoms with Crippen molar-refractivity contribution >= 4 is 45.7 Å². The third-order valence-electron chi connectivity index (χ3n) is 2.77. The third-order valence-corrected chi connectivity index (χ3v) is 4.45. The fourth-order valence-corrected chi connectivity index (χ4v) is 3.25. The van der Waals surface area contributed by atoms with Crippen molar-refractivity contribution in [3.05, 3.63) is 52.8 Å². The molecule has 0 aliphatic carbocycles. The first kappa shape index (κ1) is 13.5. The lowest BCUT2D eigenvalue weighted by Gasteiger charge is -2.08. The summed E-state index contributed by atoms with van der Waals surface area (Å²) in [5.41, 5.74) is 0. The van der Waals surface area contributed by atoms with Gasteiger partial charge in [-0.25, -0.2) is 0 Å². The molecule has 0 amide bonds. The SMILES string of the molecule is Oc1ccc(Sc2cc(Cl)nnc2Cl)c2ccccc12. The average Bonchev–Trinajstić information content (AvgIpc) is 2.46. The second kappa shape index (κ2) is 5.48. The minimum absolute atomic E-state index is 0.252. The molecule has 20 heavy (non-hydrogen) atoms. The van der Waals surface area contributed by atoms with Crippen molar-refractivity contribution in [1.29, 1.82) is 0 Å². The number of nitrogens with zero attached hydrogens (tertiary/aromatic N) is 2. The Kier molecular flexibility index (Phi) is 3.70. The van der Waals surface area contributed by atoms with Crippen LogP contribution in [0.15, 0.2) is 52.3 Å². The normalized spacial score (nSPS) is 10.9. The molecular weight excluding hydrogens is 315 g/mol. The second-order valence-corrected chi connectivity index (χ2v) is 5.88. The Morgan fingerprint density at radius 3 is 2.45 bits per heavy atom. The fraction of sp³-hybridized carbons (Fsp3) is 0. The van der Waals surface area contributed by atoms with Crippen LogP contribution in [0.25, 0.3) is 10.8 Å². The van der Waals surface area contributed by atoms with E-state index in [1.54, 1.807) is 12.1 Å². The molecule has 2 aromatic carbocycles. The van der Waals surface area contributed by atoms with Crippen LogP contribution >= 0.6 is 35.0 Å². The van der Waals surface area contributed by atoms with E-state index in [0.29, 0.717) is 10.3 Å². The van der Waals surface area contributed by atoms with Crippen LogP contribution in [0.1, 0.15) is 0 Å². The maximum absolute atomic E-state index is 9.88. The Balaban J connectivity index is 2.11. The monoisotopic (exact) mass is 322 g/mol. The minimum Gasteiger partial charge on any atom is -0.507 e. The third kappa shape index (κ3) is 2.54. The molecule has 3 nitrogen and oxygen atoms in total. The van der Waals surface area contributed by atoms with E-state index in [1.165, 1.54) is 11.8 Å². The lowest BCUT2D eigenvalue weighted by atomic mass is 10.1. The van der Waals surface area contributed by atoms with Crippen LogP contribution in [0.4, 0.5) is 0 Å². The number of phenols is 1. The van der Waals surface area contributed by atoms with Gasteiger partial charge in [-0.2, -0.15) is 0 Å². The van der Waals surface area contributed by atoms with Gasteiger partial charge in [0.1, 0.15) is 5.75 Å². The largest absolute Gasteiger partial charge is 0.507 e. The summed E-state index contributed by atoms with van der Waals surface area (Å²) in [4.78, 5) is 1.69. The Labute approximate surface area is 129 Å². The summed E-state index contributed by atoms with van der Waals surface area (Å²) in [6.45, 7) is 0. The molecule has 0 radical (unpaired) electrons. The molecule has 3 rings (SSSR count). The summed E-state index contributed by atoms with van der Waals surface area (Å²) in [6, 6.07) is 12.8. The molecular formula is C14H8Cl2N2OS. The van der Waals surface area contributed by atoms with Crippen LogP contribution in [0.2, 0.25) is 10.3 Å². The molecule has 0 atom stereocenters. The highest BCUT2D eigenvalue weighted by Crippen LogP contribution is 2.39. The number of benzene rings is 2. The van der Waals surface area contributed by atoms with Crippen molar-refractivity contribution in [2.75, 3.05) is 0 Å². The molecule has 0 bridgehead atoms. The molecule has 0 saturated carbocycles. The number of hydrogen-bond acceptors (Lipinski definition) is 4. The van der Waals surface area contributed by atoms with Crippen LogP contribution in [0, 0.1) is 0 Å². The summed E-state index contributed by atoms with van der Waals surface area (Å²) < 4.78 is 0. The van der Waals surface area contributed by atoms with Gasteiger partial charge in [0.2, 0.25) is 0 Å². The number of fused-ring (bicyclic) bond motifs is 1. The molecule has 0 aliphatic rings. The van der Waals surface area contributed by atoms with E-state index in [4.69, 9.17) is 23.2 Å². The topological polar surface area (TPSA) is 46.0 Å². The van der Waals surface area contributed by atoms with Crippen molar-refractivity contribution in [3.63, 3.8) is 0 Å². The fourth-order valence-electron chi connectivity index (χ4n) is 1.87. The van der Waals surface area contributed by atoms with Crippen LogP contribution in [-0.2, 0) is 0 Å². The van der Waals surface area contributed by atoms with E-state index < -0.39 is 0 Å². The van der Waals surface area contributed by atoms with Crippen molar-refractivity contribution in [2.24, 2.45) is 0 Å². The molecule has 100 valence electrons. The molecule has 1 heterocycles. The summed E-state index contributed by atoms with van der Waals surface area (Å²) in [7, 11) is 0. The van der Waals surface area contributed by atoms with E-state index in [-0.39, 0.29) is 5.75 Å². The highest BCUT2D eigenvalue weighted by Gasteiger charge is 2.10. The number of phenolic OH excluding ortho intramolecular Hbond substituents is 1. The van der Waals surface area contributed by atoms with Crippen molar-refractivity contribution in [1.82, 2.24) is 10.2 Å². The number of rotatable bonds is 2. The van der Waals surface area contributed by atoms with Gasteiger partial charge >= 0.3 is 0 Å². The van der Waals surface area contributed by atoms with Crippen molar-refractivity contribution in [3.8, 4) is 5.75 Å². The number of halogens is 2. The van der Waals surface area contributed by atoms with E-state index in [9.17, 15) is 5.11 Å². The molecule has 0 unspecified atom stereocenters. The Morgan fingerprint density at radius 1 is 0.900 bits per heavy atom. The highest BCUT2D eigenvalue weighted by atomic mass is 35.5. The lowest BCUT2D eigenvalue weighted by molar-refractivity contribution is 0.481. The van der Waals surface area contributed by atoms with Crippen LogP contribution in [-0.4, -0.2) is 15.3 Å². The van der Waals surface area contributed by atoms with Gasteiger partial charge in [-0.15, -0.1) is 10.2 Å². The summed E-state index contributed by atoms with van der Waals surface area (Å²) in [6.07, 6.45) is 0. The molecule has 1 N–H and O–H groups in total. The number of aromatic nitrogens is 2. The Hall–Kier alpha value is -1.49. The minimum atomic E-state index is 0.252. The molecule has 0 spiro atoms. The van der Waals surface area contributed by atoms with Gasteiger partial charge in [0, 0.05) is 10.3 Å². The standard InChI is InChI=1S/C14H8Cl2N2OS/c15-13-7-12(14(16)18-17-13)20-11-6-5-10(19)8-3-1-2-4-9(8)11/h1-7,19H. The first-order valence-electron chi connectivity index (χ1n) is 5.72. The number of hydrogen-bond donors (Lipinski definition) is 1. The quantitative estimate of drug-likeness (QED) is 0.736. The van der Waals surface area contributed by atoms with E-state index in [2.05, 4.69) is 10.2 Å². The number of aromatic hydroxyl groups is 1. The molecule has 0 fully saturated rings. The first-order chi connectivity index (χ1) is 9.65. The second-order valence-electron chi connectivity index (χ2n) is 4.05. The van der Waals surface area contributed by atoms with Crippen LogP contribution < -0.4 is 0 Å². The molecule has 0 aliphatic heterocycles. The maximum Gasteiger partial charge on any atom is 0.165 e. The zero-order valence-electron chi connectivity index (χ0n) is 10.0. The predicted molar refractivity (Wildman–Crippen MR) is 81.8 cm³/mol. The highest BCUT2D eigenvalue weighted by molar-refractivity contribution is 7.99. The van der Waals surface area contributed by atoms with Crippen LogP contribution in [0.5, 0.6) is 5.75 Å².